The second kappa shape index (κ2) is 12.9. The summed E-state index contributed by atoms with van der Waals surface area (Å²) in [5.74, 6) is -2.82. The number of benzene rings is 2. The van der Waals surface area contributed by atoms with Crippen molar-refractivity contribution in [2.24, 2.45) is 5.73 Å². The number of amides is 4. The molecule has 0 aromatic heterocycles. The molecule has 2 atom stereocenters. The summed E-state index contributed by atoms with van der Waals surface area (Å²) < 4.78 is 5.18. The number of para-hydroxylation sites is 1. The molecule has 0 aliphatic rings. The van der Waals surface area contributed by atoms with Gasteiger partial charge in [0.2, 0.25) is 17.7 Å². The van der Waals surface area contributed by atoms with Crippen molar-refractivity contribution in [2.75, 3.05) is 6.54 Å². The van der Waals surface area contributed by atoms with E-state index in [1.54, 1.807) is 51.1 Å². The van der Waals surface area contributed by atoms with Crippen LogP contribution in [0.4, 0.5) is 4.79 Å². The molecule has 2 aromatic carbocycles. The number of nitrogens with two attached hydrogens (primary N) is 1. The summed E-state index contributed by atoms with van der Waals surface area (Å²) in [5.41, 5.74) is 5.24. The number of nitrogens with one attached hydrogen (secondary N) is 2. The molecule has 11 nitrogen and oxygen atoms in total. The lowest BCUT2D eigenvalue weighted by Crippen LogP contribution is -2.54. The van der Waals surface area contributed by atoms with Crippen LogP contribution < -0.4 is 16.4 Å². The average molecular weight is 510 g/mol. The third-order valence-electron chi connectivity index (χ3n) is 5.02. The van der Waals surface area contributed by atoms with E-state index in [0.717, 1.165) is 10.5 Å². The smallest absolute Gasteiger partial charge is 0.408 e. The molecule has 0 bridgehead atoms. The van der Waals surface area contributed by atoms with E-state index < -0.39 is 54.5 Å². The fraction of sp³-hybridized carbons (Fsp3) is 0.346. The normalized spacial score (nSPS) is 12.4. The summed E-state index contributed by atoms with van der Waals surface area (Å²) in [4.78, 5) is 52.0. The van der Waals surface area contributed by atoms with Gasteiger partial charge in [-0.1, -0.05) is 48.5 Å². The van der Waals surface area contributed by atoms with Gasteiger partial charge in [0.05, 0.1) is 12.5 Å². The summed E-state index contributed by atoms with van der Waals surface area (Å²) in [6.07, 6.45) is -1.60. The van der Waals surface area contributed by atoms with Crippen LogP contribution >= 0.6 is 0 Å². The number of ether oxygens (including phenoxy) is 1. The van der Waals surface area contributed by atoms with Crippen molar-refractivity contribution < 1.29 is 29.0 Å². The van der Waals surface area contributed by atoms with Crippen molar-refractivity contribution in [1.82, 2.24) is 15.5 Å². The fourth-order valence-electron chi connectivity index (χ4n) is 3.48. The maximum atomic E-state index is 13.6. The third-order valence-corrected chi connectivity index (χ3v) is 5.02. The van der Waals surface area contributed by atoms with Gasteiger partial charge in [-0.2, -0.15) is 5.26 Å². The van der Waals surface area contributed by atoms with Gasteiger partial charge in [0.25, 0.3) is 0 Å². The van der Waals surface area contributed by atoms with Crippen LogP contribution in [-0.4, -0.2) is 52.0 Å². The number of alkyl carbamates (subject to hydrolysis) is 1. The Morgan fingerprint density at radius 3 is 2.27 bits per heavy atom. The molecular formula is C26H31N5O6. The van der Waals surface area contributed by atoms with Crippen LogP contribution in [-0.2, 0) is 25.7 Å². The number of primary amides is 1. The van der Waals surface area contributed by atoms with Gasteiger partial charge in [-0.3, -0.25) is 14.4 Å². The average Bonchev–Trinajstić information content (AvgIpc) is 2.82. The topological polar surface area (TPSA) is 175 Å². The summed E-state index contributed by atoms with van der Waals surface area (Å²) in [7, 11) is 0. The molecule has 0 aliphatic carbocycles. The van der Waals surface area contributed by atoms with Gasteiger partial charge in [-0.25, -0.2) is 4.79 Å². The molecule has 0 saturated heterocycles. The Balaban J connectivity index is 2.45. The maximum absolute atomic E-state index is 13.6. The van der Waals surface area contributed by atoms with Gasteiger partial charge >= 0.3 is 6.09 Å². The number of phenols is 1. The van der Waals surface area contributed by atoms with Crippen LogP contribution in [0.2, 0.25) is 0 Å². The number of phenolic OH excluding ortho intramolecular Hbond substituents is 1. The Morgan fingerprint density at radius 1 is 1.08 bits per heavy atom. The van der Waals surface area contributed by atoms with Crippen LogP contribution in [0.5, 0.6) is 5.75 Å². The number of carbonyl (C=O) groups is 4. The van der Waals surface area contributed by atoms with Crippen LogP contribution in [0.15, 0.2) is 54.6 Å². The second-order valence-corrected chi connectivity index (χ2v) is 9.16. The first-order valence-corrected chi connectivity index (χ1v) is 11.5. The maximum Gasteiger partial charge on any atom is 0.408 e. The molecule has 0 radical (unpaired) electrons. The minimum atomic E-state index is -1.53. The standard InChI is InChI=1S/C26H31N5O6/c1-26(2,3)37-25(36)30-19(15-21(28)33)24(35)31(14-13-27)22(18-11-7-8-12-20(18)32)23(34)29-16-17-9-5-4-6-10-17/h4-12,19,22,32H,14-16H2,1-3H3,(H2,28,33)(H,29,34)(H,30,36). The molecule has 0 fully saturated rings. The number of nitriles is 1. The zero-order chi connectivity index (χ0) is 27.6. The molecule has 11 heteroatoms. The molecular weight excluding hydrogens is 478 g/mol. The number of hydrogen-bond donors (Lipinski definition) is 4. The first-order chi connectivity index (χ1) is 17.4. The predicted molar refractivity (Wildman–Crippen MR) is 133 cm³/mol. The van der Waals surface area contributed by atoms with Crippen LogP contribution in [0, 0.1) is 11.3 Å². The zero-order valence-electron chi connectivity index (χ0n) is 20.9. The van der Waals surface area contributed by atoms with Gasteiger partial charge in [-0.15, -0.1) is 0 Å². The lowest BCUT2D eigenvalue weighted by atomic mass is 10.0. The second-order valence-electron chi connectivity index (χ2n) is 9.16. The predicted octanol–water partition coefficient (Wildman–Crippen LogP) is 1.87. The number of nitrogens with zero attached hydrogens (tertiary/aromatic N) is 2. The molecule has 0 saturated carbocycles. The lowest BCUT2D eigenvalue weighted by molar-refractivity contribution is -0.142. The number of aromatic hydroxyl groups is 1. The molecule has 0 heterocycles. The number of hydrogen-bond acceptors (Lipinski definition) is 7. The highest BCUT2D eigenvalue weighted by molar-refractivity contribution is 5.95. The molecule has 37 heavy (non-hydrogen) atoms. The van der Waals surface area contributed by atoms with E-state index >= 15 is 0 Å². The number of carbonyl (C=O) groups excluding carboxylic acids is 4. The molecule has 2 rings (SSSR count). The van der Waals surface area contributed by atoms with Gasteiger partial charge in [0.15, 0.2) is 0 Å². The summed E-state index contributed by atoms with van der Waals surface area (Å²) >= 11 is 0. The quantitative estimate of drug-likeness (QED) is 0.354. The summed E-state index contributed by atoms with van der Waals surface area (Å²) in [6.45, 7) is 4.36. The van der Waals surface area contributed by atoms with Gasteiger partial charge in [0.1, 0.15) is 30.0 Å². The highest BCUT2D eigenvalue weighted by Gasteiger charge is 2.38. The molecule has 2 unspecified atom stereocenters. The largest absolute Gasteiger partial charge is 0.508 e. The summed E-state index contributed by atoms with van der Waals surface area (Å²) in [5, 5.41) is 25.0. The minimum Gasteiger partial charge on any atom is -0.508 e. The van der Waals surface area contributed by atoms with E-state index in [-0.39, 0.29) is 17.9 Å². The Labute approximate surface area is 215 Å². The van der Waals surface area contributed by atoms with Gasteiger partial charge in [0, 0.05) is 12.1 Å². The monoisotopic (exact) mass is 509 g/mol. The molecule has 5 N–H and O–H groups in total. The number of rotatable bonds is 10. The van der Waals surface area contributed by atoms with Crippen LogP contribution in [0.3, 0.4) is 0 Å². The summed E-state index contributed by atoms with van der Waals surface area (Å²) in [6, 6.07) is 13.7. The van der Waals surface area contributed by atoms with Crippen molar-refractivity contribution in [1.29, 1.82) is 5.26 Å². The lowest BCUT2D eigenvalue weighted by Gasteiger charge is -2.32. The van der Waals surface area contributed by atoms with Crippen molar-refractivity contribution in [2.45, 2.75) is 51.4 Å². The highest BCUT2D eigenvalue weighted by Crippen LogP contribution is 2.30. The highest BCUT2D eigenvalue weighted by atomic mass is 16.6. The van der Waals surface area contributed by atoms with E-state index in [1.165, 1.54) is 18.2 Å². The Hall–Kier alpha value is -4.59. The molecule has 2 aromatic rings. The van der Waals surface area contributed by atoms with Crippen LogP contribution in [0.25, 0.3) is 0 Å². The van der Waals surface area contributed by atoms with Crippen molar-refractivity contribution in [3.8, 4) is 11.8 Å². The molecule has 0 aliphatic heterocycles. The fourth-order valence-corrected chi connectivity index (χ4v) is 3.48. The minimum absolute atomic E-state index is 0.0479. The first-order valence-electron chi connectivity index (χ1n) is 11.5. The van der Waals surface area contributed by atoms with Crippen molar-refractivity contribution in [3.05, 3.63) is 65.7 Å². The van der Waals surface area contributed by atoms with E-state index in [1.807, 2.05) is 12.1 Å². The zero-order valence-corrected chi connectivity index (χ0v) is 20.9. The van der Waals surface area contributed by atoms with E-state index in [2.05, 4.69) is 10.6 Å². The third kappa shape index (κ3) is 8.85. The Morgan fingerprint density at radius 2 is 1.70 bits per heavy atom. The van der Waals surface area contributed by atoms with Gasteiger partial charge in [-0.05, 0) is 32.4 Å². The van der Waals surface area contributed by atoms with Crippen molar-refractivity contribution >= 4 is 23.8 Å². The first kappa shape index (κ1) is 28.6. The van der Waals surface area contributed by atoms with E-state index in [9.17, 15) is 29.5 Å². The van der Waals surface area contributed by atoms with Crippen molar-refractivity contribution in [3.63, 3.8) is 0 Å². The van der Waals surface area contributed by atoms with Crippen LogP contribution in [0.1, 0.15) is 44.4 Å². The van der Waals surface area contributed by atoms with Gasteiger partial charge < -0.3 is 31.1 Å². The SMILES string of the molecule is CC(C)(C)OC(=O)NC(CC(N)=O)C(=O)N(CC#N)C(C(=O)NCc1ccccc1)c1ccccc1O. The molecule has 196 valence electrons. The Kier molecular flexibility index (Phi) is 10.0. The molecule has 4 amide bonds. The van der Waals surface area contributed by atoms with E-state index in [4.69, 9.17) is 10.5 Å². The van der Waals surface area contributed by atoms with E-state index in [0.29, 0.717) is 0 Å². The Bertz CT molecular complexity index is 1160. The molecule has 0 spiro atoms.